The van der Waals surface area contributed by atoms with Crippen LogP contribution in [0.2, 0.25) is 0 Å². The van der Waals surface area contributed by atoms with E-state index >= 15 is 0 Å². The van der Waals surface area contributed by atoms with E-state index in [1.807, 2.05) is 54.6 Å². The maximum atomic E-state index is 13.7. The zero-order valence-electron chi connectivity index (χ0n) is 18.3. The largest absolute Gasteiger partial charge is 0.379 e. The van der Waals surface area contributed by atoms with Crippen LogP contribution in [0.3, 0.4) is 0 Å². The maximum absolute atomic E-state index is 13.7. The smallest absolute Gasteiger partial charge is 0.244 e. The number of hydrogen-bond acceptors (Lipinski definition) is 6. The molecule has 0 saturated carbocycles. The van der Waals surface area contributed by atoms with Gasteiger partial charge in [-0.1, -0.05) is 60.3 Å². The van der Waals surface area contributed by atoms with E-state index in [2.05, 4.69) is 9.97 Å². The first kappa shape index (κ1) is 22.8. The molecule has 174 valence electrons. The predicted molar refractivity (Wildman–Crippen MR) is 131 cm³/mol. The number of aromatic nitrogens is 2. The van der Waals surface area contributed by atoms with Crippen molar-refractivity contribution in [3.05, 3.63) is 90.3 Å². The third kappa shape index (κ3) is 4.52. The molecular formula is C25H23N3O4S2. The van der Waals surface area contributed by atoms with Gasteiger partial charge in [0.25, 0.3) is 0 Å². The average molecular weight is 494 g/mol. The summed E-state index contributed by atoms with van der Waals surface area (Å²) in [4.78, 5) is 21.4. The Morgan fingerprint density at radius 3 is 2.47 bits per heavy atom. The highest BCUT2D eigenvalue weighted by Gasteiger charge is 2.28. The maximum Gasteiger partial charge on any atom is 0.244 e. The monoisotopic (exact) mass is 493 g/mol. The van der Waals surface area contributed by atoms with Crippen LogP contribution in [0.1, 0.15) is 21.2 Å². The van der Waals surface area contributed by atoms with Gasteiger partial charge in [0.2, 0.25) is 10.0 Å². The Labute approximate surface area is 202 Å². The van der Waals surface area contributed by atoms with Gasteiger partial charge in [-0.05, 0) is 23.8 Å². The minimum atomic E-state index is -3.63. The molecule has 0 radical (unpaired) electrons. The minimum Gasteiger partial charge on any atom is -0.379 e. The quantitative estimate of drug-likeness (QED) is 0.305. The lowest BCUT2D eigenvalue weighted by molar-refractivity contribution is 0.0730. The minimum absolute atomic E-state index is 0.0412. The number of Topliss-reactive ketones (excluding diaryl/α,β-unsaturated/α-hetero) is 1. The molecular weight excluding hydrogens is 470 g/mol. The summed E-state index contributed by atoms with van der Waals surface area (Å²) in [5.41, 5.74) is 2.37. The molecule has 3 heterocycles. The molecule has 0 unspecified atom stereocenters. The molecule has 1 atom stereocenters. The van der Waals surface area contributed by atoms with Gasteiger partial charge in [0, 0.05) is 41.9 Å². The predicted octanol–water partition coefficient (Wildman–Crippen LogP) is 4.30. The third-order valence-corrected chi connectivity index (χ3v) is 8.84. The number of carbonyl (C=O) groups is 1. The molecule has 4 aromatic rings. The number of pyridine rings is 1. The van der Waals surface area contributed by atoms with Crippen molar-refractivity contribution >= 4 is 38.5 Å². The fraction of sp³-hybridized carbons (Fsp3) is 0.200. The summed E-state index contributed by atoms with van der Waals surface area (Å²) in [7, 11) is -3.63. The SMILES string of the molecule is O=C(c1c[nH]c2ccccc12)[C@H](Sc1ccc(S(=O)(=O)N2CCOCC2)cn1)c1ccccc1. The van der Waals surface area contributed by atoms with Crippen molar-refractivity contribution in [3.63, 3.8) is 0 Å². The number of para-hydroxylation sites is 1. The van der Waals surface area contributed by atoms with Gasteiger partial charge in [0.15, 0.2) is 5.78 Å². The van der Waals surface area contributed by atoms with Gasteiger partial charge in [-0.25, -0.2) is 13.4 Å². The molecule has 9 heteroatoms. The number of fused-ring (bicyclic) bond motifs is 1. The topological polar surface area (TPSA) is 92.4 Å². The van der Waals surface area contributed by atoms with Gasteiger partial charge in [0.1, 0.15) is 4.90 Å². The number of aromatic amines is 1. The first-order valence-electron chi connectivity index (χ1n) is 10.9. The molecule has 2 aromatic carbocycles. The lowest BCUT2D eigenvalue weighted by Crippen LogP contribution is -2.40. The van der Waals surface area contributed by atoms with Crippen molar-refractivity contribution in [1.82, 2.24) is 14.3 Å². The zero-order chi connectivity index (χ0) is 23.5. The Balaban J connectivity index is 1.44. The Bertz CT molecular complexity index is 1400. The van der Waals surface area contributed by atoms with Crippen molar-refractivity contribution < 1.29 is 17.9 Å². The van der Waals surface area contributed by atoms with Gasteiger partial charge < -0.3 is 9.72 Å². The Morgan fingerprint density at radius 2 is 1.74 bits per heavy atom. The summed E-state index contributed by atoms with van der Waals surface area (Å²) in [5.74, 6) is -0.0412. The lowest BCUT2D eigenvalue weighted by Gasteiger charge is -2.25. The van der Waals surface area contributed by atoms with Crippen molar-refractivity contribution in [2.45, 2.75) is 15.2 Å². The summed E-state index contributed by atoms with van der Waals surface area (Å²) in [6.45, 7) is 1.42. The van der Waals surface area contributed by atoms with Crippen LogP contribution in [-0.4, -0.2) is 54.8 Å². The van der Waals surface area contributed by atoms with Crippen LogP contribution < -0.4 is 0 Å². The molecule has 5 rings (SSSR count). The number of rotatable bonds is 7. The Hall–Kier alpha value is -2.98. The van der Waals surface area contributed by atoms with E-state index in [-0.39, 0.29) is 10.7 Å². The molecule has 1 saturated heterocycles. The van der Waals surface area contributed by atoms with Gasteiger partial charge in [-0.2, -0.15) is 4.31 Å². The van der Waals surface area contributed by atoms with E-state index in [1.54, 1.807) is 18.3 Å². The molecule has 2 aromatic heterocycles. The molecule has 0 amide bonds. The second-order valence-corrected chi connectivity index (χ2v) is 10.9. The van der Waals surface area contributed by atoms with E-state index in [9.17, 15) is 13.2 Å². The normalized spacial score (nSPS) is 15.9. The van der Waals surface area contributed by atoms with Crippen molar-refractivity contribution in [2.75, 3.05) is 26.3 Å². The fourth-order valence-electron chi connectivity index (χ4n) is 3.96. The number of carbonyl (C=O) groups excluding carboxylic acids is 1. The third-order valence-electron chi connectivity index (χ3n) is 5.75. The molecule has 0 spiro atoms. The van der Waals surface area contributed by atoms with Crippen LogP contribution in [0.4, 0.5) is 0 Å². The second kappa shape index (κ2) is 9.71. The fourth-order valence-corrected chi connectivity index (χ4v) is 6.35. The van der Waals surface area contributed by atoms with E-state index in [4.69, 9.17) is 4.74 Å². The van der Waals surface area contributed by atoms with Crippen LogP contribution >= 0.6 is 11.8 Å². The van der Waals surface area contributed by atoms with Crippen molar-refractivity contribution in [2.24, 2.45) is 0 Å². The Kier molecular flexibility index (Phi) is 6.51. The standard InChI is InChI=1S/C25H23N3O4S2/c29-24(21-17-26-22-9-5-4-8-20(21)22)25(18-6-2-1-3-7-18)33-23-11-10-19(16-27-23)34(30,31)28-12-14-32-15-13-28/h1-11,16-17,25-26H,12-15H2/t25-/m1/s1. The summed E-state index contributed by atoms with van der Waals surface area (Å²) < 4.78 is 32.5. The van der Waals surface area contributed by atoms with Crippen LogP contribution in [0.25, 0.3) is 10.9 Å². The number of benzene rings is 2. The molecule has 7 nitrogen and oxygen atoms in total. The molecule has 1 aliphatic heterocycles. The molecule has 1 fully saturated rings. The molecule has 34 heavy (non-hydrogen) atoms. The average Bonchev–Trinajstić information content (AvgIpc) is 3.32. The number of hydrogen-bond donors (Lipinski definition) is 1. The lowest BCUT2D eigenvalue weighted by atomic mass is 10.0. The number of nitrogens with zero attached hydrogens (tertiary/aromatic N) is 2. The summed E-state index contributed by atoms with van der Waals surface area (Å²) >= 11 is 1.31. The van der Waals surface area contributed by atoms with E-state index in [0.717, 1.165) is 16.5 Å². The summed E-state index contributed by atoms with van der Waals surface area (Å²) in [6.07, 6.45) is 3.11. The highest BCUT2D eigenvalue weighted by Crippen LogP contribution is 2.38. The number of thioether (sulfide) groups is 1. The number of nitrogens with one attached hydrogen (secondary N) is 1. The molecule has 1 aliphatic rings. The summed E-state index contributed by atoms with van der Waals surface area (Å²) in [6, 6.07) is 20.5. The van der Waals surface area contributed by atoms with Crippen molar-refractivity contribution in [1.29, 1.82) is 0 Å². The Morgan fingerprint density at radius 1 is 1.00 bits per heavy atom. The van der Waals surface area contributed by atoms with Gasteiger partial charge in [-0.3, -0.25) is 4.79 Å². The highest BCUT2D eigenvalue weighted by atomic mass is 32.2. The number of ether oxygens (including phenoxy) is 1. The first-order chi connectivity index (χ1) is 16.5. The number of ketones is 1. The highest BCUT2D eigenvalue weighted by molar-refractivity contribution is 8.00. The van der Waals surface area contributed by atoms with Gasteiger partial charge >= 0.3 is 0 Å². The van der Waals surface area contributed by atoms with Crippen LogP contribution in [0, 0.1) is 0 Å². The number of sulfonamides is 1. The summed E-state index contributed by atoms with van der Waals surface area (Å²) in [5, 5.41) is 0.909. The van der Waals surface area contributed by atoms with Crippen molar-refractivity contribution in [3.8, 4) is 0 Å². The van der Waals surface area contributed by atoms with Crippen LogP contribution in [0.5, 0.6) is 0 Å². The van der Waals surface area contributed by atoms with E-state index in [0.29, 0.717) is 36.9 Å². The number of morpholine rings is 1. The van der Waals surface area contributed by atoms with Crippen LogP contribution in [-0.2, 0) is 14.8 Å². The van der Waals surface area contributed by atoms with Gasteiger partial charge in [0.05, 0.1) is 23.5 Å². The molecule has 1 N–H and O–H groups in total. The zero-order valence-corrected chi connectivity index (χ0v) is 19.9. The van der Waals surface area contributed by atoms with Crippen LogP contribution in [0.15, 0.2) is 89.0 Å². The van der Waals surface area contributed by atoms with Gasteiger partial charge in [-0.15, -0.1) is 0 Å². The second-order valence-electron chi connectivity index (χ2n) is 7.87. The van der Waals surface area contributed by atoms with E-state index < -0.39 is 15.3 Å². The van der Waals surface area contributed by atoms with E-state index in [1.165, 1.54) is 22.3 Å². The molecule has 0 aliphatic carbocycles. The first-order valence-corrected chi connectivity index (χ1v) is 13.2. The number of H-pyrrole nitrogens is 1. The molecule has 0 bridgehead atoms.